The highest BCUT2D eigenvalue weighted by atomic mass is 32.2. The number of hydrogen-bond donors (Lipinski definition) is 1. The molecule has 1 unspecified atom stereocenters. The first-order valence-electron chi connectivity index (χ1n) is 9.27. The normalized spacial score (nSPS) is 17.5. The highest BCUT2D eigenvalue weighted by Gasteiger charge is 2.24. The molecule has 0 aliphatic carbocycles. The first-order valence-corrected chi connectivity index (χ1v) is 10.3. The van der Waals surface area contributed by atoms with Gasteiger partial charge in [-0.3, -0.25) is 9.36 Å². The lowest BCUT2D eigenvalue weighted by Crippen LogP contribution is -2.36. The van der Waals surface area contributed by atoms with E-state index in [1.807, 2.05) is 19.1 Å². The van der Waals surface area contributed by atoms with Crippen molar-refractivity contribution in [1.29, 1.82) is 0 Å². The van der Waals surface area contributed by atoms with Gasteiger partial charge < -0.3 is 14.6 Å². The van der Waals surface area contributed by atoms with Crippen LogP contribution >= 0.6 is 11.8 Å². The number of nitrogens with zero attached hydrogens (tertiary/aromatic N) is 4. The molecular weight excluding hydrogens is 350 g/mol. The van der Waals surface area contributed by atoms with E-state index in [2.05, 4.69) is 31.9 Å². The lowest BCUT2D eigenvalue weighted by atomic mass is 10.0. The van der Waals surface area contributed by atoms with Gasteiger partial charge in [-0.1, -0.05) is 25.6 Å². The van der Waals surface area contributed by atoms with Crippen LogP contribution in [-0.2, 0) is 11.3 Å². The molecule has 2 aromatic heterocycles. The van der Waals surface area contributed by atoms with E-state index in [-0.39, 0.29) is 5.91 Å². The highest BCUT2D eigenvalue weighted by molar-refractivity contribution is 7.99. The number of furan rings is 1. The van der Waals surface area contributed by atoms with Crippen molar-refractivity contribution in [3.05, 3.63) is 24.2 Å². The van der Waals surface area contributed by atoms with Crippen LogP contribution in [0.5, 0.6) is 0 Å². The zero-order valence-corrected chi connectivity index (χ0v) is 16.3. The van der Waals surface area contributed by atoms with Gasteiger partial charge in [0.15, 0.2) is 5.16 Å². The zero-order valence-electron chi connectivity index (χ0n) is 15.5. The molecule has 142 valence electrons. The van der Waals surface area contributed by atoms with Gasteiger partial charge in [-0.2, -0.15) is 0 Å². The average Bonchev–Trinajstić information content (AvgIpc) is 3.28. The molecule has 0 aromatic carbocycles. The second kappa shape index (κ2) is 9.12. The fraction of sp³-hybridized carbons (Fsp3) is 0.611. The molecule has 0 bridgehead atoms. The summed E-state index contributed by atoms with van der Waals surface area (Å²) in [5, 5.41) is 12.4. The Bertz CT molecular complexity index is 701. The third kappa shape index (κ3) is 4.81. The van der Waals surface area contributed by atoms with Crippen molar-refractivity contribution in [1.82, 2.24) is 20.1 Å². The molecule has 0 saturated carbocycles. The molecule has 1 aliphatic rings. The molecule has 2 aromatic rings. The van der Waals surface area contributed by atoms with Crippen molar-refractivity contribution >= 4 is 23.6 Å². The van der Waals surface area contributed by atoms with Crippen LogP contribution in [0.25, 0.3) is 0 Å². The third-order valence-corrected chi connectivity index (χ3v) is 5.40. The number of carbonyl (C=O) groups excluding carboxylic acids is 1. The Morgan fingerprint density at radius 3 is 3.08 bits per heavy atom. The molecule has 26 heavy (non-hydrogen) atoms. The van der Waals surface area contributed by atoms with Crippen LogP contribution in [-0.4, -0.2) is 46.1 Å². The van der Waals surface area contributed by atoms with Crippen molar-refractivity contribution in [2.24, 2.45) is 5.92 Å². The molecule has 1 amide bonds. The molecule has 1 fully saturated rings. The number of rotatable bonds is 8. The number of carbonyl (C=O) groups is 1. The van der Waals surface area contributed by atoms with Crippen LogP contribution in [0.4, 0.5) is 5.95 Å². The summed E-state index contributed by atoms with van der Waals surface area (Å²) >= 11 is 1.42. The van der Waals surface area contributed by atoms with Gasteiger partial charge in [0, 0.05) is 19.6 Å². The first-order chi connectivity index (χ1) is 12.7. The van der Waals surface area contributed by atoms with Crippen molar-refractivity contribution < 1.29 is 9.21 Å². The van der Waals surface area contributed by atoms with E-state index in [0.29, 0.717) is 24.8 Å². The zero-order chi connectivity index (χ0) is 18.4. The fourth-order valence-electron chi connectivity index (χ4n) is 3.14. The summed E-state index contributed by atoms with van der Waals surface area (Å²) in [4.78, 5) is 14.2. The molecular formula is C18H27N5O2S. The highest BCUT2D eigenvalue weighted by Crippen LogP contribution is 2.27. The average molecular weight is 378 g/mol. The van der Waals surface area contributed by atoms with E-state index < -0.39 is 0 Å². The van der Waals surface area contributed by atoms with E-state index in [9.17, 15) is 4.79 Å². The minimum absolute atomic E-state index is 0.0255. The third-order valence-electron chi connectivity index (χ3n) is 4.44. The van der Waals surface area contributed by atoms with Crippen molar-refractivity contribution in [3.63, 3.8) is 0 Å². The van der Waals surface area contributed by atoms with Crippen molar-refractivity contribution in [3.8, 4) is 0 Å². The van der Waals surface area contributed by atoms with E-state index in [1.54, 1.807) is 6.26 Å². The lowest BCUT2D eigenvalue weighted by molar-refractivity contribution is -0.118. The molecule has 1 N–H and O–H groups in total. The summed E-state index contributed by atoms with van der Waals surface area (Å²) in [5.41, 5.74) is 0. The molecule has 8 heteroatoms. The van der Waals surface area contributed by atoms with Gasteiger partial charge in [0.05, 0.1) is 18.6 Å². The second-order valence-electron chi connectivity index (χ2n) is 6.78. The first kappa shape index (κ1) is 18.8. The number of thioether (sulfide) groups is 1. The summed E-state index contributed by atoms with van der Waals surface area (Å²) in [5.74, 6) is 2.73. The number of hydrogen-bond acceptors (Lipinski definition) is 6. The lowest BCUT2D eigenvalue weighted by Gasteiger charge is -2.31. The Morgan fingerprint density at radius 1 is 1.46 bits per heavy atom. The SMILES string of the molecule is CCCNC(=O)CSc1nnc(N2CCCC(C)C2)n1Cc1ccco1. The van der Waals surface area contributed by atoms with Crippen LogP contribution < -0.4 is 10.2 Å². The van der Waals surface area contributed by atoms with E-state index >= 15 is 0 Å². The number of aromatic nitrogens is 3. The van der Waals surface area contributed by atoms with Gasteiger partial charge in [0.25, 0.3) is 0 Å². The number of anilines is 1. The maximum atomic E-state index is 11.9. The topological polar surface area (TPSA) is 76.2 Å². The van der Waals surface area contributed by atoms with Crippen LogP contribution in [0, 0.1) is 5.92 Å². The Balaban J connectivity index is 1.76. The van der Waals surface area contributed by atoms with Crippen LogP contribution in [0.3, 0.4) is 0 Å². The maximum absolute atomic E-state index is 11.9. The van der Waals surface area contributed by atoms with Gasteiger partial charge in [0.1, 0.15) is 5.76 Å². The summed E-state index contributed by atoms with van der Waals surface area (Å²) in [6.45, 7) is 7.56. The van der Waals surface area contributed by atoms with Crippen LogP contribution in [0.2, 0.25) is 0 Å². The fourth-order valence-corrected chi connectivity index (χ4v) is 3.90. The Morgan fingerprint density at radius 2 is 2.35 bits per heavy atom. The molecule has 1 aliphatic heterocycles. The van der Waals surface area contributed by atoms with E-state index in [1.165, 1.54) is 18.2 Å². The van der Waals surface area contributed by atoms with Gasteiger partial charge in [-0.15, -0.1) is 10.2 Å². The predicted molar refractivity (Wildman–Crippen MR) is 102 cm³/mol. The van der Waals surface area contributed by atoms with Crippen molar-refractivity contribution in [2.75, 3.05) is 30.3 Å². The monoisotopic (exact) mass is 377 g/mol. The molecule has 3 rings (SSSR count). The molecule has 1 atom stereocenters. The summed E-state index contributed by atoms with van der Waals surface area (Å²) < 4.78 is 7.58. The molecule has 0 spiro atoms. The predicted octanol–water partition coefficient (Wildman–Crippen LogP) is 2.77. The maximum Gasteiger partial charge on any atom is 0.230 e. The smallest absolute Gasteiger partial charge is 0.230 e. The minimum atomic E-state index is 0.0255. The Kier molecular flexibility index (Phi) is 6.60. The molecule has 1 saturated heterocycles. The van der Waals surface area contributed by atoms with E-state index in [4.69, 9.17) is 4.42 Å². The van der Waals surface area contributed by atoms with Crippen LogP contribution in [0.1, 0.15) is 38.9 Å². The van der Waals surface area contributed by atoms with Crippen LogP contribution in [0.15, 0.2) is 28.0 Å². The Hall–Kier alpha value is -1.96. The summed E-state index contributed by atoms with van der Waals surface area (Å²) in [6, 6.07) is 3.83. The molecule has 0 radical (unpaired) electrons. The summed E-state index contributed by atoms with van der Waals surface area (Å²) in [6.07, 6.45) is 5.02. The Labute approximate surface area is 158 Å². The number of nitrogens with one attached hydrogen (secondary N) is 1. The summed E-state index contributed by atoms with van der Waals surface area (Å²) in [7, 11) is 0. The molecule has 3 heterocycles. The van der Waals surface area contributed by atoms with E-state index in [0.717, 1.165) is 42.8 Å². The minimum Gasteiger partial charge on any atom is -0.467 e. The number of piperidine rings is 1. The largest absolute Gasteiger partial charge is 0.467 e. The van der Waals surface area contributed by atoms with Crippen molar-refractivity contribution in [2.45, 2.75) is 44.8 Å². The van der Waals surface area contributed by atoms with Gasteiger partial charge in [-0.25, -0.2) is 0 Å². The van der Waals surface area contributed by atoms with Gasteiger partial charge >= 0.3 is 0 Å². The second-order valence-corrected chi connectivity index (χ2v) is 7.72. The van der Waals surface area contributed by atoms with Gasteiger partial charge in [0.2, 0.25) is 11.9 Å². The molecule has 7 nitrogen and oxygen atoms in total. The standard InChI is InChI=1S/C18H27N5O2S/c1-3-8-19-16(24)13-26-18-21-20-17(22-9-4-6-14(2)11-22)23(18)12-15-7-5-10-25-15/h5,7,10,14H,3-4,6,8-9,11-13H2,1-2H3,(H,19,24). The quantitative estimate of drug-likeness (QED) is 0.713. The van der Waals surface area contributed by atoms with Gasteiger partial charge in [-0.05, 0) is 37.3 Å². The number of amides is 1.